The second-order valence-corrected chi connectivity index (χ2v) is 7.06. The van der Waals surface area contributed by atoms with Crippen molar-refractivity contribution in [3.05, 3.63) is 77.9 Å². The highest BCUT2D eigenvalue weighted by atomic mass is 32.2. The van der Waals surface area contributed by atoms with Crippen LogP contribution in [-0.4, -0.2) is 13.1 Å². The van der Waals surface area contributed by atoms with Crippen molar-refractivity contribution in [2.75, 3.05) is 7.05 Å². The molecule has 110 valence electrons. The van der Waals surface area contributed by atoms with E-state index in [0.717, 1.165) is 6.42 Å². The molecule has 0 amide bonds. The molecule has 1 aliphatic rings. The van der Waals surface area contributed by atoms with Gasteiger partial charge in [-0.05, 0) is 47.5 Å². The lowest BCUT2D eigenvalue weighted by Crippen LogP contribution is -2.27. The van der Waals surface area contributed by atoms with Gasteiger partial charge in [0.1, 0.15) is 0 Å². The average Bonchev–Trinajstić information content (AvgIpc) is 2.93. The van der Waals surface area contributed by atoms with Gasteiger partial charge in [-0.2, -0.15) is 0 Å². The summed E-state index contributed by atoms with van der Waals surface area (Å²) < 4.78 is 0. The Kier molecular flexibility index (Phi) is 3.65. The van der Waals surface area contributed by atoms with E-state index < -0.39 is 0 Å². The van der Waals surface area contributed by atoms with Crippen LogP contribution in [0, 0.1) is 0 Å². The minimum Gasteiger partial charge on any atom is -0.315 e. The molecule has 0 bridgehead atoms. The number of thioether (sulfide) groups is 1. The molecule has 2 unspecified atom stereocenters. The fourth-order valence-corrected chi connectivity index (χ4v) is 4.73. The molecule has 0 spiro atoms. The fraction of sp³-hybridized carbons (Fsp3) is 0.200. The van der Waals surface area contributed by atoms with Gasteiger partial charge in [0.25, 0.3) is 0 Å². The lowest BCUT2D eigenvalue weighted by molar-refractivity contribution is 0.584. The first kappa shape index (κ1) is 13.9. The maximum atomic E-state index is 3.50. The second-order valence-electron chi connectivity index (χ2n) is 5.85. The Balaban J connectivity index is 1.68. The van der Waals surface area contributed by atoms with Crippen molar-refractivity contribution >= 4 is 22.5 Å². The van der Waals surface area contributed by atoms with Crippen molar-refractivity contribution in [2.45, 2.75) is 22.6 Å². The Bertz CT molecular complexity index is 811. The third kappa shape index (κ3) is 2.43. The van der Waals surface area contributed by atoms with E-state index in [4.69, 9.17) is 0 Å². The first-order chi connectivity index (χ1) is 10.8. The van der Waals surface area contributed by atoms with Crippen molar-refractivity contribution in [1.82, 2.24) is 5.32 Å². The highest BCUT2D eigenvalue weighted by Gasteiger charge is 2.31. The van der Waals surface area contributed by atoms with Gasteiger partial charge >= 0.3 is 0 Å². The molecule has 0 aliphatic heterocycles. The monoisotopic (exact) mass is 305 g/mol. The SMILES string of the molecule is CNC1Cc2ccccc2C1Sc1ccc2ccccc2c1. The number of benzene rings is 3. The molecule has 0 aromatic heterocycles. The molecule has 22 heavy (non-hydrogen) atoms. The molecule has 3 aromatic carbocycles. The van der Waals surface area contributed by atoms with Gasteiger partial charge in [0.15, 0.2) is 0 Å². The van der Waals surface area contributed by atoms with E-state index in [9.17, 15) is 0 Å². The summed E-state index contributed by atoms with van der Waals surface area (Å²) >= 11 is 1.98. The van der Waals surface area contributed by atoms with E-state index in [1.54, 1.807) is 0 Å². The van der Waals surface area contributed by atoms with Crippen molar-refractivity contribution in [3.63, 3.8) is 0 Å². The van der Waals surface area contributed by atoms with Gasteiger partial charge in [0, 0.05) is 10.9 Å². The number of hydrogen-bond donors (Lipinski definition) is 1. The van der Waals surface area contributed by atoms with Crippen molar-refractivity contribution < 1.29 is 0 Å². The Hall–Kier alpha value is -1.77. The maximum Gasteiger partial charge on any atom is 0.0503 e. The summed E-state index contributed by atoms with van der Waals surface area (Å²) in [6, 6.07) is 24.7. The van der Waals surface area contributed by atoms with E-state index >= 15 is 0 Å². The minimum atomic E-state index is 0.488. The number of hydrogen-bond acceptors (Lipinski definition) is 2. The van der Waals surface area contributed by atoms with Crippen LogP contribution in [0.2, 0.25) is 0 Å². The molecule has 0 saturated heterocycles. The summed E-state index contributed by atoms with van der Waals surface area (Å²) in [5, 5.41) is 6.61. The smallest absolute Gasteiger partial charge is 0.0503 e. The molecular formula is C20H19NS. The Morgan fingerprint density at radius 1 is 0.909 bits per heavy atom. The quantitative estimate of drug-likeness (QED) is 0.744. The normalized spacial score (nSPS) is 20.2. The highest BCUT2D eigenvalue weighted by Crippen LogP contribution is 2.45. The number of fused-ring (bicyclic) bond motifs is 2. The van der Waals surface area contributed by atoms with Crippen molar-refractivity contribution in [3.8, 4) is 0 Å². The van der Waals surface area contributed by atoms with Crippen LogP contribution in [0.3, 0.4) is 0 Å². The van der Waals surface area contributed by atoms with E-state index in [-0.39, 0.29) is 0 Å². The summed E-state index contributed by atoms with van der Waals surface area (Å²) in [6.07, 6.45) is 1.12. The zero-order valence-electron chi connectivity index (χ0n) is 12.6. The first-order valence-electron chi connectivity index (χ1n) is 7.76. The van der Waals surface area contributed by atoms with Gasteiger partial charge < -0.3 is 5.32 Å². The molecule has 2 heteroatoms. The number of likely N-dealkylation sites (N-methyl/N-ethyl adjacent to an activating group) is 1. The standard InChI is InChI=1S/C20H19NS/c1-21-19-13-16-8-4-5-9-18(16)20(19)22-17-11-10-14-6-2-3-7-15(14)12-17/h2-12,19-21H,13H2,1H3. The van der Waals surface area contributed by atoms with Crippen LogP contribution in [0.4, 0.5) is 0 Å². The molecule has 1 N–H and O–H groups in total. The van der Waals surface area contributed by atoms with Crippen LogP contribution in [0.25, 0.3) is 10.8 Å². The molecule has 0 saturated carbocycles. The predicted molar refractivity (Wildman–Crippen MR) is 95.5 cm³/mol. The van der Waals surface area contributed by atoms with E-state index in [2.05, 4.69) is 79.1 Å². The van der Waals surface area contributed by atoms with Gasteiger partial charge in [-0.1, -0.05) is 54.6 Å². The summed E-state index contributed by atoms with van der Waals surface area (Å²) in [5.41, 5.74) is 2.97. The number of rotatable bonds is 3. The predicted octanol–water partition coefficient (Wildman–Crippen LogP) is 4.82. The summed E-state index contributed by atoms with van der Waals surface area (Å²) in [6.45, 7) is 0. The van der Waals surface area contributed by atoms with Crippen LogP contribution in [-0.2, 0) is 6.42 Å². The molecule has 2 atom stereocenters. The van der Waals surface area contributed by atoms with Gasteiger partial charge in [0.2, 0.25) is 0 Å². The van der Waals surface area contributed by atoms with Gasteiger partial charge in [0.05, 0.1) is 5.25 Å². The molecular weight excluding hydrogens is 286 g/mol. The second kappa shape index (κ2) is 5.79. The largest absolute Gasteiger partial charge is 0.315 e. The summed E-state index contributed by atoms with van der Waals surface area (Å²) in [4.78, 5) is 1.35. The maximum absolute atomic E-state index is 3.50. The van der Waals surface area contributed by atoms with Gasteiger partial charge in [-0.25, -0.2) is 0 Å². The topological polar surface area (TPSA) is 12.0 Å². The Labute approximate surface area is 135 Å². The third-order valence-corrected chi connectivity index (χ3v) is 5.88. The van der Waals surface area contributed by atoms with Crippen LogP contribution < -0.4 is 5.32 Å². The van der Waals surface area contributed by atoms with Gasteiger partial charge in [-0.3, -0.25) is 0 Å². The molecule has 4 rings (SSSR count). The lowest BCUT2D eigenvalue weighted by atomic mass is 10.1. The van der Waals surface area contributed by atoms with E-state index in [1.807, 2.05) is 11.8 Å². The minimum absolute atomic E-state index is 0.488. The van der Waals surface area contributed by atoms with Crippen LogP contribution in [0.1, 0.15) is 16.4 Å². The van der Waals surface area contributed by atoms with Crippen molar-refractivity contribution in [1.29, 1.82) is 0 Å². The average molecular weight is 305 g/mol. The first-order valence-corrected chi connectivity index (χ1v) is 8.63. The molecule has 0 heterocycles. The molecule has 1 aliphatic carbocycles. The zero-order chi connectivity index (χ0) is 14.9. The molecule has 1 nitrogen and oxygen atoms in total. The van der Waals surface area contributed by atoms with Crippen LogP contribution in [0.15, 0.2) is 71.6 Å². The fourth-order valence-electron chi connectivity index (χ4n) is 3.34. The van der Waals surface area contributed by atoms with Crippen LogP contribution in [0.5, 0.6) is 0 Å². The molecule has 0 radical (unpaired) electrons. The van der Waals surface area contributed by atoms with Crippen molar-refractivity contribution in [2.24, 2.45) is 0 Å². The Morgan fingerprint density at radius 3 is 2.55 bits per heavy atom. The molecule has 0 fully saturated rings. The lowest BCUT2D eigenvalue weighted by Gasteiger charge is -2.19. The summed E-state index contributed by atoms with van der Waals surface area (Å²) in [5.74, 6) is 0. The highest BCUT2D eigenvalue weighted by molar-refractivity contribution is 7.99. The van der Waals surface area contributed by atoms with E-state index in [0.29, 0.717) is 11.3 Å². The number of nitrogens with one attached hydrogen (secondary N) is 1. The van der Waals surface area contributed by atoms with E-state index in [1.165, 1.54) is 26.8 Å². The van der Waals surface area contributed by atoms with Gasteiger partial charge in [-0.15, -0.1) is 11.8 Å². The Morgan fingerprint density at radius 2 is 1.68 bits per heavy atom. The molecule has 3 aromatic rings. The summed E-state index contributed by atoms with van der Waals surface area (Å²) in [7, 11) is 2.07. The zero-order valence-corrected chi connectivity index (χ0v) is 13.4. The van der Waals surface area contributed by atoms with Crippen LogP contribution >= 0.6 is 11.8 Å². The third-order valence-electron chi connectivity index (χ3n) is 4.52.